The molecule has 300 valence electrons. The van der Waals surface area contributed by atoms with Crippen LogP contribution in [0.1, 0.15) is 24.0 Å². The Bertz CT molecular complexity index is 2090. The average molecular weight is 811 g/mol. The number of hydrogen-bond donors (Lipinski definition) is 1. The molecule has 0 saturated carbocycles. The number of para-hydroxylation sites is 1. The van der Waals surface area contributed by atoms with Crippen molar-refractivity contribution < 1.29 is 55.2 Å². The van der Waals surface area contributed by atoms with Crippen LogP contribution in [0.25, 0.3) is 10.9 Å². The van der Waals surface area contributed by atoms with E-state index in [1.807, 2.05) is 4.90 Å². The van der Waals surface area contributed by atoms with Gasteiger partial charge in [0.15, 0.2) is 6.04 Å². The number of nitrogens with zero attached hydrogens (tertiary/aromatic N) is 5. The van der Waals surface area contributed by atoms with Gasteiger partial charge in [0.2, 0.25) is 0 Å². The number of carbonyl (C=O) groups is 4. The van der Waals surface area contributed by atoms with Crippen molar-refractivity contribution in [2.24, 2.45) is 5.92 Å². The fraction of sp³-hybridized carbons (Fsp3) is 0.351. The summed E-state index contributed by atoms with van der Waals surface area (Å²) in [5, 5.41) is 0.228. The Labute approximate surface area is 322 Å². The number of aromatic amines is 1. The second-order valence-corrected chi connectivity index (χ2v) is 14.1. The first kappa shape index (κ1) is 41.7. The smallest absolute Gasteiger partial charge is 0.378 e. The van der Waals surface area contributed by atoms with Crippen LogP contribution >= 0.6 is 11.6 Å². The molecular weight excluding hydrogens is 774 g/mol. The highest BCUT2D eigenvalue weighted by Gasteiger charge is 2.51. The lowest BCUT2D eigenvalue weighted by Gasteiger charge is -2.41. The quantitative estimate of drug-likeness (QED) is 0.148. The summed E-state index contributed by atoms with van der Waals surface area (Å²) in [6.45, 7) is 1.74. The van der Waals surface area contributed by atoms with E-state index >= 15 is 4.79 Å². The van der Waals surface area contributed by atoms with Gasteiger partial charge < -0.3 is 29.4 Å². The molecule has 3 amide bonds. The number of rotatable bonds is 8. The van der Waals surface area contributed by atoms with Crippen molar-refractivity contribution in [2.75, 3.05) is 56.1 Å². The second-order valence-electron chi connectivity index (χ2n) is 13.6. The number of anilines is 3. The van der Waals surface area contributed by atoms with Crippen LogP contribution in [-0.2, 0) is 30.5 Å². The number of alkyl halides is 6. The number of fused-ring (bicyclic) bond motifs is 2. The molecule has 0 radical (unpaired) electrons. The zero-order valence-corrected chi connectivity index (χ0v) is 31.4. The monoisotopic (exact) mass is 810 g/mol. The molecular formula is C37H37ClF6N6O6. The number of hydrogen-bond acceptors (Lipinski definition) is 8. The molecule has 0 fully saturated rings. The first-order chi connectivity index (χ1) is 26.2. The summed E-state index contributed by atoms with van der Waals surface area (Å²) in [5.74, 6) is -8.65. The molecule has 2 heterocycles. The average Bonchev–Trinajstić information content (AvgIpc) is 3.56. The predicted molar refractivity (Wildman–Crippen MR) is 195 cm³/mol. The number of carbonyl (C=O) groups excluding carboxylic acids is 4. The topological polar surface area (TPSA) is 119 Å². The van der Waals surface area contributed by atoms with Gasteiger partial charge in [-0.15, -0.1) is 10.1 Å². The van der Waals surface area contributed by atoms with Crippen LogP contribution in [0.15, 0.2) is 72.9 Å². The number of halogens is 7. The van der Waals surface area contributed by atoms with E-state index in [1.54, 1.807) is 63.4 Å². The molecule has 2 unspecified atom stereocenters. The van der Waals surface area contributed by atoms with Gasteiger partial charge in [-0.05, 0) is 86.1 Å². The van der Waals surface area contributed by atoms with Crippen LogP contribution in [0.4, 0.5) is 48.2 Å². The Morgan fingerprint density at radius 3 is 2.09 bits per heavy atom. The van der Waals surface area contributed by atoms with Crippen molar-refractivity contribution in [3.63, 3.8) is 0 Å². The molecule has 0 saturated heterocycles. The highest BCUT2D eigenvalue weighted by atomic mass is 35.5. The lowest BCUT2D eigenvalue weighted by atomic mass is 9.88. The van der Waals surface area contributed by atoms with E-state index in [0.29, 0.717) is 40.1 Å². The summed E-state index contributed by atoms with van der Waals surface area (Å²) in [7, 11) is 6.83. The van der Waals surface area contributed by atoms with Crippen molar-refractivity contribution >= 4 is 63.4 Å². The van der Waals surface area contributed by atoms with Crippen LogP contribution < -0.4 is 14.9 Å². The predicted octanol–water partition coefficient (Wildman–Crippen LogP) is 7.10. The van der Waals surface area contributed by atoms with Crippen LogP contribution in [-0.4, -0.2) is 98.5 Å². The third kappa shape index (κ3) is 9.13. The third-order valence-electron chi connectivity index (χ3n) is 9.04. The van der Waals surface area contributed by atoms with E-state index < -0.39 is 53.9 Å². The molecule has 1 aliphatic heterocycles. The zero-order valence-electron chi connectivity index (χ0n) is 30.6. The summed E-state index contributed by atoms with van der Waals surface area (Å²) in [5.41, 5.74) is 1.50. The van der Waals surface area contributed by atoms with E-state index in [9.17, 15) is 40.7 Å². The molecule has 0 spiro atoms. The van der Waals surface area contributed by atoms with Gasteiger partial charge in [-0.2, -0.15) is 26.3 Å². The normalized spacial score (nSPS) is 15.5. The van der Waals surface area contributed by atoms with Crippen molar-refractivity contribution in [3.05, 3.63) is 89.1 Å². The number of nitrogens with one attached hydrogen (secondary N) is 1. The summed E-state index contributed by atoms with van der Waals surface area (Å²) >= 11 is 6.32. The van der Waals surface area contributed by atoms with Crippen molar-refractivity contribution in [1.82, 2.24) is 14.9 Å². The first-order valence-corrected chi connectivity index (χ1v) is 17.3. The molecule has 3 atom stereocenters. The SMILES string of the molecule is CC(c1c[nH]c2ccccc12)C(C(=O)N1C[C@@H](CN(C)C)Cc2cc(Cl)ccc21)N(OC(=O)C(F)(F)F)C(=O)N(OC(=O)C(F)(F)F)c1ccc(N(C)C)cc1. The molecule has 19 heteroatoms. The Morgan fingerprint density at radius 2 is 1.48 bits per heavy atom. The van der Waals surface area contributed by atoms with Gasteiger partial charge in [-0.3, -0.25) is 4.79 Å². The second kappa shape index (κ2) is 16.3. The van der Waals surface area contributed by atoms with Gasteiger partial charge in [0.25, 0.3) is 5.91 Å². The third-order valence-corrected chi connectivity index (χ3v) is 9.28. The van der Waals surface area contributed by atoms with Gasteiger partial charge in [0.1, 0.15) is 0 Å². The Hall–Kier alpha value is -5.49. The van der Waals surface area contributed by atoms with E-state index in [-0.39, 0.29) is 33.8 Å². The van der Waals surface area contributed by atoms with Gasteiger partial charge in [-0.1, -0.05) is 36.7 Å². The maximum atomic E-state index is 15.2. The number of hydroxylamine groups is 3. The van der Waals surface area contributed by atoms with Crippen LogP contribution in [0, 0.1) is 5.92 Å². The van der Waals surface area contributed by atoms with Crippen LogP contribution in [0.3, 0.4) is 0 Å². The van der Waals surface area contributed by atoms with Crippen LogP contribution in [0.5, 0.6) is 0 Å². The molecule has 5 rings (SSSR count). The number of H-pyrrole nitrogens is 1. The van der Waals surface area contributed by atoms with E-state index in [4.69, 9.17) is 16.4 Å². The van der Waals surface area contributed by atoms with Crippen molar-refractivity contribution in [3.8, 4) is 0 Å². The zero-order chi connectivity index (χ0) is 41.3. The van der Waals surface area contributed by atoms with Gasteiger partial charge in [-0.25, -0.2) is 14.4 Å². The van der Waals surface area contributed by atoms with Crippen LogP contribution in [0.2, 0.25) is 5.02 Å². The molecule has 56 heavy (non-hydrogen) atoms. The summed E-state index contributed by atoms with van der Waals surface area (Å²) in [4.78, 5) is 71.6. The molecule has 12 nitrogen and oxygen atoms in total. The molecule has 1 aliphatic rings. The minimum atomic E-state index is -5.78. The maximum Gasteiger partial charge on any atom is 0.493 e. The molecule has 1 N–H and O–H groups in total. The van der Waals surface area contributed by atoms with E-state index in [0.717, 1.165) is 12.1 Å². The molecule has 3 aromatic carbocycles. The molecule has 0 bridgehead atoms. The van der Waals surface area contributed by atoms with E-state index in [2.05, 4.69) is 9.82 Å². The van der Waals surface area contributed by atoms with Crippen molar-refractivity contribution in [1.29, 1.82) is 0 Å². The number of benzene rings is 3. The number of aromatic nitrogens is 1. The Morgan fingerprint density at radius 1 is 0.875 bits per heavy atom. The molecule has 4 aromatic rings. The molecule has 0 aliphatic carbocycles. The minimum Gasteiger partial charge on any atom is -0.378 e. The first-order valence-electron chi connectivity index (χ1n) is 17.0. The van der Waals surface area contributed by atoms with E-state index in [1.165, 1.54) is 42.3 Å². The largest absolute Gasteiger partial charge is 0.493 e. The molecule has 1 aromatic heterocycles. The summed E-state index contributed by atoms with van der Waals surface area (Å²) in [6.07, 6.45) is -9.62. The minimum absolute atomic E-state index is 0.0449. The Kier molecular flexibility index (Phi) is 12.1. The Balaban J connectivity index is 1.74. The lowest BCUT2D eigenvalue weighted by molar-refractivity contribution is -0.234. The number of amides is 3. The highest BCUT2D eigenvalue weighted by Crippen LogP contribution is 2.38. The fourth-order valence-corrected chi connectivity index (χ4v) is 6.74. The highest BCUT2D eigenvalue weighted by molar-refractivity contribution is 6.30. The van der Waals surface area contributed by atoms with Gasteiger partial charge in [0, 0.05) is 66.6 Å². The fourth-order valence-electron chi connectivity index (χ4n) is 6.55. The van der Waals surface area contributed by atoms with Gasteiger partial charge >= 0.3 is 30.3 Å². The standard InChI is InChI=1S/C37H37ClF6N6O6/c1-21(28-18-45-29-9-7-6-8-27(28)29)31(32(51)48-20-22(19-46(2)3)16-23-17-24(38)10-15-30(23)48)50(56-34(53)37(42,43)44)35(54)49(55-33(52)36(39,40)41)26-13-11-25(12-14-26)47(4)5/h6-15,17-18,21-22,31,45H,16,19-20H2,1-5H3/t21?,22-,31?/m1/s1. The summed E-state index contributed by atoms with van der Waals surface area (Å²) < 4.78 is 83.0. The lowest BCUT2D eigenvalue weighted by Crippen LogP contribution is -2.59. The van der Waals surface area contributed by atoms with Gasteiger partial charge in [0.05, 0.1) is 5.69 Å². The number of urea groups is 1. The maximum absolute atomic E-state index is 15.2. The van der Waals surface area contributed by atoms with Crippen molar-refractivity contribution in [2.45, 2.75) is 37.7 Å². The summed E-state index contributed by atoms with van der Waals surface area (Å²) in [6, 6.07) is 11.6.